The molecule has 2 aliphatic heterocycles. The van der Waals surface area contributed by atoms with E-state index in [0.29, 0.717) is 18.5 Å². The molecule has 1 unspecified atom stereocenters. The van der Waals surface area contributed by atoms with Gasteiger partial charge >= 0.3 is 0 Å². The van der Waals surface area contributed by atoms with Crippen LogP contribution >= 0.6 is 0 Å². The molecule has 0 saturated carbocycles. The van der Waals surface area contributed by atoms with Gasteiger partial charge in [0.2, 0.25) is 5.91 Å². The Morgan fingerprint density at radius 1 is 1.08 bits per heavy atom. The fourth-order valence-electron chi connectivity index (χ4n) is 4.28. The van der Waals surface area contributed by atoms with Gasteiger partial charge in [-0.3, -0.25) is 9.69 Å². The van der Waals surface area contributed by atoms with Gasteiger partial charge in [0.05, 0.1) is 6.54 Å². The maximum atomic E-state index is 12.8. The highest BCUT2D eigenvalue weighted by Crippen LogP contribution is 2.24. The standard InChI is InChI=1S/C21H33N3O/c1-4-19-9-5-6-11-24(19)16-21(25)23-14-12-22(13-15-23)20-10-7-8-17(2)18(20)3/h7-8,10,19H,4-6,9,11-16H2,1-3H3. The minimum Gasteiger partial charge on any atom is -0.368 e. The molecule has 1 aromatic rings. The summed E-state index contributed by atoms with van der Waals surface area (Å²) in [6.07, 6.45) is 4.97. The lowest BCUT2D eigenvalue weighted by atomic mass is 10.00. The number of likely N-dealkylation sites (tertiary alicyclic amines) is 1. The van der Waals surface area contributed by atoms with Gasteiger partial charge in [-0.15, -0.1) is 0 Å². The lowest BCUT2D eigenvalue weighted by Crippen LogP contribution is -2.53. The minimum absolute atomic E-state index is 0.320. The molecule has 1 amide bonds. The molecule has 3 rings (SSSR count). The van der Waals surface area contributed by atoms with Crippen molar-refractivity contribution in [2.24, 2.45) is 0 Å². The predicted octanol–water partition coefficient (Wildman–Crippen LogP) is 3.22. The summed E-state index contributed by atoms with van der Waals surface area (Å²) in [6.45, 7) is 11.9. The molecule has 0 aromatic heterocycles. The number of nitrogens with zero attached hydrogens (tertiary/aromatic N) is 3. The Kier molecular flexibility index (Phi) is 6.00. The normalized spacial score (nSPS) is 22.3. The summed E-state index contributed by atoms with van der Waals surface area (Å²) >= 11 is 0. The number of amides is 1. The summed E-state index contributed by atoms with van der Waals surface area (Å²) in [5.41, 5.74) is 4.03. The van der Waals surface area contributed by atoms with Crippen LogP contribution in [-0.2, 0) is 4.79 Å². The van der Waals surface area contributed by atoms with Crippen LogP contribution in [0.3, 0.4) is 0 Å². The minimum atomic E-state index is 0.320. The van der Waals surface area contributed by atoms with Gasteiger partial charge in [0.25, 0.3) is 0 Å². The molecule has 2 heterocycles. The molecule has 2 saturated heterocycles. The average Bonchev–Trinajstić information content (AvgIpc) is 2.64. The van der Waals surface area contributed by atoms with Gasteiger partial charge in [-0.05, 0) is 56.8 Å². The number of carbonyl (C=O) groups excluding carboxylic acids is 1. The van der Waals surface area contributed by atoms with Crippen molar-refractivity contribution < 1.29 is 4.79 Å². The Bertz CT molecular complexity index is 593. The van der Waals surface area contributed by atoms with Gasteiger partial charge < -0.3 is 9.80 Å². The zero-order valence-electron chi connectivity index (χ0n) is 16.1. The molecule has 0 aliphatic carbocycles. The number of hydrogen-bond donors (Lipinski definition) is 0. The summed E-state index contributed by atoms with van der Waals surface area (Å²) in [5, 5.41) is 0. The van der Waals surface area contributed by atoms with Crippen LogP contribution in [0.1, 0.15) is 43.7 Å². The second-order valence-corrected chi connectivity index (χ2v) is 7.62. The maximum absolute atomic E-state index is 12.8. The highest BCUT2D eigenvalue weighted by Gasteiger charge is 2.27. The molecule has 0 spiro atoms. The third-order valence-electron chi connectivity index (χ3n) is 6.11. The fraction of sp³-hybridized carbons (Fsp3) is 0.667. The third-order valence-corrected chi connectivity index (χ3v) is 6.11. The second-order valence-electron chi connectivity index (χ2n) is 7.62. The van der Waals surface area contributed by atoms with Crippen LogP contribution in [0, 0.1) is 13.8 Å². The van der Waals surface area contributed by atoms with Gasteiger partial charge in [-0.25, -0.2) is 0 Å². The molecule has 138 valence electrons. The van der Waals surface area contributed by atoms with Gasteiger partial charge in [0.1, 0.15) is 0 Å². The number of rotatable bonds is 4. The Morgan fingerprint density at radius 3 is 2.56 bits per heavy atom. The van der Waals surface area contributed by atoms with E-state index < -0.39 is 0 Å². The van der Waals surface area contributed by atoms with Crippen LogP contribution in [0.4, 0.5) is 5.69 Å². The topological polar surface area (TPSA) is 26.8 Å². The first-order valence-electron chi connectivity index (χ1n) is 9.93. The maximum Gasteiger partial charge on any atom is 0.236 e. The van der Waals surface area contributed by atoms with E-state index in [4.69, 9.17) is 0 Å². The van der Waals surface area contributed by atoms with Gasteiger partial charge in [-0.2, -0.15) is 0 Å². The predicted molar refractivity (Wildman–Crippen MR) is 104 cm³/mol. The first-order valence-corrected chi connectivity index (χ1v) is 9.93. The first-order chi connectivity index (χ1) is 12.1. The number of anilines is 1. The Balaban J connectivity index is 1.55. The van der Waals surface area contributed by atoms with Crippen molar-refractivity contribution >= 4 is 11.6 Å². The van der Waals surface area contributed by atoms with Crippen molar-refractivity contribution in [3.8, 4) is 0 Å². The van der Waals surface area contributed by atoms with E-state index in [-0.39, 0.29) is 0 Å². The van der Waals surface area contributed by atoms with Gasteiger partial charge in [0, 0.05) is 37.9 Å². The Hall–Kier alpha value is -1.55. The molecule has 1 atom stereocenters. The largest absolute Gasteiger partial charge is 0.368 e. The van der Waals surface area contributed by atoms with Crippen molar-refractivity contribution in [1.82, 2.24) is 9.80 Å². The molecule has 1 aromatic carbocycles. The van der Waals surface area contributed by atoms with Crippen LogP contribution in [0.5, 0.6) is 0 Å². The zero-order chi connectivity index (χ0) is 17.8. The molecule has 2 aliphatic rings. The number of aryl methyl sites for hydroxylation is 1. The first kappa shape index (κ1) is 18.2. The quantitative estimate of drug-likeness (QED) is 0.840. The number of hydrogen-bond acceptors (Lipinski definition) is 3. The van der Waals surface area contributed by atoms with Crippen LogP contribution in [0.25, 0.3) is 0 Å². The average molecular weight is 344 g/mol. The van der Waals surface area contributed by atoms with E-state index in [9.17, 15) is 4.79 Å². The van der Waals surface area contributed by atoms with E-state index in [1.807, 2.05) is 0 Å². The molecule has 0 N–H and O–H groups in total. The Labute approximate surface area is 152 Å². The zero-order valence-corrected chi connectivity index (χ0v) is 16.1. The molecule has 4 heteroatoms. The van der Waals surface area contributed by atoms with Crippen LogP contribution in [-0.4, -0.2) is 61.0 Å². The van der Waals surface area contributed by atoms with E-state index >= 15 is 0 Å². The second kappa shape index (κ2) is 8.22. The lowest BCUT2D eigenvalue weighted by Gasteiger charge is -2.39. The monoisotopic (exact) mass is 343 g/mol. The highest BCUT2D eigenvalue weighted by molar-refractivity contribution is 5.78. The van der Waals surface area contributed by atoms with Crippen molar-refractivity contribution in [3.05, 3.63) is 29.3 Å². The number of piperazine rings is 1. The highest BCUT2D eigenvalue weighted by atomic mass is 16.2. The van der Waals surface area contributed by atoms with Crippen molar-refractivity contribution in [2.45, 2.75) is 52.5 Å². The molecular weight excluding hydrogens is 310 g/mol. The number of piperidine rings is 1. The summed E-state index contributed by atoms with van der Waals surface area (Å²) < 4.78 is 0. The summed E-state index contributed by atoms with van der Waals surface area (Å²) in [5.74, 6) is 0.320. The number of benzene rings is 1. The number of carbonyl (C=O) groups is 1. The molecule has 4 nitrogen and oxygen atoms in total. The molecule has 2 fully saturated rings. The van der Waals surface area contributed by atoms with Gasteiger partial charge in [0.15, 0.2) is 0 Å². The van der Waals surface area contributed by atoms with Crippen molar-refractivity contribution in [1.29, 1.82) is 0 Å². The SMILES string of the molecule is CCC1CCCCN1CC(=O)N1CCN(c2cccc(C)c2C)CC1. The summed E-state index contributed by atoms with van der Waals surface area (Å²) in [6, 6.07) is 7.12. The smallest absolute Gasteiger partial charge is 0.236 e. The van der Waals surface area contributed by atoms with Crippen LogP contribution in [0.2, 0.25) is 0 Å². The van der Waals surface area contributed by atoms with E-state index in [0.717, 1.165) is 39.1 Å². The Morgan fingerprint density at radius 2 is 1.84 bits per heavy atom. The van der Waals surface area contributed by atoms with E-state index in [1.165, 1.54) is 36.1 Å². The fourth-order valence-corrected chi connectivity index (χ4v) is 4.28. The van der Waals surface area contributed by atoms with Crippen molar-refractivity contribution in [2.75, 3.05) is 44.2 Å². The van der Waals surface area contributed by atoms with Crippen LogP contribution in [0.15, 0.2) is 18.2 Å². The summed E-state index contributed by atoms with van der Waals surface area (Å²) in [4.78, 5) is 19.7. The molecule has 25 heavy (non-hydrogen) atoms. The lowest BCUT2D eigenvalue weighted by molar-refractivity contribution is -0.133. The van der Waals surface area contributed by atoms with Gasteiger partial charge in [-0.1, -0.05) is 25.5 Å². The molecule has 0 bridgehead atoms. The summed E-state index contributed by atoms with van der Waals surface area (Å²) in [7, 11) is 0. The van der Waals surface area contributed by atoms with E-state index in [1.54, 1.807) is 0 Å². The molecular formula is C21H33N3O. The molecule has 0 radical (unpaired) electrons. The van der Waals surface area contributed by atoms with Crippen molar-refractivity contribution in [3.63, 3.8) is 0 Å². The van der Waals surface area contributed by atoms with E-state index in [2.05, 4.69) is 53.7 Å². The third kappa shape index (κ3) is 4.17. The van der Waals surface area contributed by atoms with Crippen LogP contribution < -0.4 is 4.90 Å².